The lowest BCUT2D eigenvalue weighted by molar-refractivity contribution is -0.125. The third-order valence-corrected chi connectivity index (χ3v) is 4.46. The summed E-state index contributed by atoms with van der Waals surface area (Å²) in [5, 5.41) is 3.04. The number of hydrogen-bond acceptors (Lipinski definition) is 4. The van der Waals surface area contributed by atoms with E-state index in [-0.39, 0.29) is 11.8 Å². The third kappa shape index (κ3) is 6.48. The maximum Gasteiger partial charge on any atom is 0.223 e. The zero-order chi connectivity index (χ0) is 18.7. The Morgan fingerprint density at radius 1 is 1.00 bits per heavy atom. The van der Waals surface area contributed by atoms with Gasteiger partial charge in [0.2, 0.25) is 11.7 Å². The fourth-order valence-corrected chi connectivity index (χ4v) is 2.91. The van der Waals surface area contributed by atoms with Crippen LogP contribution in [0.5, 0.6) is 17.2 Å². The molecule has 0 aliphatic heterocycles. The summed E-state index contributed by atoms with van der Waals surface area (Å²) in [4.78, 5) is 12.4. The van der Waals surface area contributed by atoms with Crippen LogP contribution >= 0.6 is 0 Å². The van der Waals surface area contributed by atoms with Gasteiger partial charge in [0, 0.05) is 12.5 Å². The molecule has 25 heavy (non-hydrogen) atoms. The van der Waals surface area contributed by atoms with Gasteiger partial charge in [-0.1, -0.05) is 39.5 Å². The van der Waals surface area contributed by atoms with Crippen LogP contribution in [0.15, 0.2) is 12.1 Å². The summed E-state index contributed by atoms with van der Waals surface area (Å²) < 4.78 is 16.0. The molecule has 1 N–H and O–H groups in total. The van der Waals surface area contributed by atoms with Crippen LogP contribution in [-0.4, -0.2) is 27.2 Å². The van der Waals surface area contributed by atoms with Crippen LogP contribution in [0.1, 0.15) is 57.9 Å². The molecule has 5 heteroatoms. The largest absolute Gasteiger partial charge is 0.493 e. The fourth-order valence-electron chi connectivity index (χ4n) is 2.91. The molecule has 5 nitrogen and oxygen atoms in total. The van der Waals surface area contributed by atoms with E-state index in [2.05, 4.69) is 19.2 Å². The maximum absolute atomic E-state index is 12.4. The zero-order valence-corrected chi connectivity index (χ0v) is 16.3. The van der Waals surface area contributed by atoms with Crippen molar-refractivity contribution in [3.63, 3.8) is 0 Å². The average molecular weight is 351 g/mol. The molecule has 0 saturated heterocycles. The van der Waals surface area contributed by atoms with Crippen LogP contribution in [0.3, 0.4) is 0 Å². The highest BCUT2D eigenvalue weighted by Crippen LogP contribution is 2.38. The molecule has 0 bridgehead atoms. The van der Waals surface area contributed by atoms with Gasteiger partial charge in [-0.05, 0) is 30.5 Å². The smallest absolute Gasteiger partial charge is 0.223 e. The molecular weight excluding hydrogens is 318 g/mol. The van der Waals surface area contributed by atoms with Gasteiger partial charge in [-0.25, -0.2) is 0 Å². The third-order valence-electron chi connectivity index (χ3n) is 4.46. The summed E-state index contributed by atoms with van der Waals surface area (Å²) in [7, 11) is 4.75. The Labute approximate surface area is 152 Å². The Morgan fingerprint density at radius 2 is 1.64 bits per heavy atom. The standard InChI is InChI=1S/C20H33NO4/c1-6-8-9-10-11-16(7-2)20(22)21-14-15-12-17(23-3)19(25-5)18(13-15)24-4/h12-13,16H,6-11,14H2,1-5H3,(H,21,22). The fraction of sp³-hybridized carbons (Fsp3) is 0.650. The lowest BCUT2D eigenvalue weighted by Crippen LogP contribution is -2.30. The molecule has 0 spiro atoms. The highest BCUT2D eigenvalue weighted by molar-refractivity contribution is 5.78. The van der Waals surface area contributed by atoms with Crippen molar-refractivity contribution in [2.45, 2.75) is 58.9 Å². The molecule has 1 unspecified atom stereocenters. The number of ether oxygens (including phenoxy) is 3. The first-order valence-corrected chi connectivity index (χ1v) is 9.17. The van der Waals surface area contributed by atoms with Gasteiger partial charge in [0.15, 0.2) is 11.5 Å². The van der Waals surface area contributed by atoms with Gasteiger partial charge in [-0.3, -0.25) is 4.79 Å². The van der Waals surface area contributed by atoms with E-state index in [0.717, 1.165) is 24.8 Å². The average Bonchev–Trinajstić information content (AvgIpc) is 2.65. The highest BCUT2D eigenvalue weighted by Gasteiger charge is 2.17. The topological polar surface area (TPSA) is 56.8 Å². The van der Waals surface area contributed by atoms with Crippen LogP contribution in [-0.2, 0) is 11.3 Å². The van der Waals surface area contributed by atoms with Gasteiger partial charge in [-0.2, -0.15) is 0 Å². The minimum absolute atomic E-state index is 0.0823. The summed E-state index contributed by atoms with van der Waals surface area (Å²) in [6.07, 6.45) is 6.59. The van der Waals surface area contributed by atoms with Gasteiger partial charge >= 0.3 is 0 Å². The molecular formula is C20H33NO4. The van der Waals surface area contributed by atoms with E-state index < -0.39 is 0 Å². The normalized spacial score (nSPS) is 11.7. The van der Waals surface area contributed by atoms with E-state index >= 15 is 0 Å². The number of methoxy groups -OCH3 is 3. The van der Waals surface area contributed by atoms with E-state index in [1.54, 1.807) is 21.3 Å². The first kappa shape index (κ1) is 21.1. The Hall–Kier alpha value is -1.91. The number of amides is 1. The number of benzene rings is 1. The maximum atomic E-state index is 12.4. The predicted octanol–water partition coefficient (Wildman–Crippen LogP) is 4.33. The number of nitrogens with one attached hydrogen (secondary N) is 1. The van der Waals surface area contributed by atoms with Crippen molar-refractivity contribution in [3.8, 4) is 17.2 Å². The summed E-state index contributed by atoms with van der Waals surface area (Å²) in [5.41, 5.74) is 0.920. The van der Waals surface area contributed by atoms with Crippen LogP contribution in [0.2, 0.25) is 0 Å². The zero-order valence-electron chi connectivity index (χ0n) is 16.3. The van der Waals surface area contributed by atoms with E-state index in [4.69, 9.17) is 14.2 Å². The Kier molecular flexibility index (Phi) is 9.81. The van der Waals surface area contributed by atoms with Gasteiger partial charge < -0.3 is 19.5 Å². The predicted molar refractivity (Wildman–Crippen MR) is 100 cm³/mol. The van der Waals surface area contributed by atoms with Gasteiger partial charge in [-0.15, -0.1) is 0 Å². The molecule has 1 rings (SSSR count). The van der Waals surface area contributed by atoms with Crippen molar-refractivity contribution in [3.05, 3.63) is 17.7 Å². The molecule has 0 aromatic heterocycles. The minimum Gasteiger partial charge on any atom is -0.493 e. The van der Waals surface area contributed by atoms with Crippen LogP contribution < -0.4 is 19.5 Å². The van der Waals surface area contributed by atoms with Gasteiger partial charge in [0.05, 0.1) is 21.3 Å². The number of carbonyl (C=O) groups is 1. The van der Waals surface area contributed by atoms with Crippen molar-refractivity contribution in [2.75, 3.05) is 21.3 Å². The molecule has 0 aliphatic rings. The quantitative estimate of drug-likeness (QED) is 0.570. The lowest BCUT2D eigenvalue weighted by atomic mass is 9.97. The van der Waals surface area contributed by atoms with Gasteiger partial charge in [0.25, 0.3) is 0 Å². The van der Waals surface area contributed by atoms with Crippen molar-refractivity contribution in [1.29, 1.82) is 0 Å². The highest BCUT2D eigenvalue weighted by atomic mass is 16.5. The van der Waals surface area contributed by atoms with Crippen LogP contribution in [0, 0.1) is 5.92 Å². The molecule has 142 valence electrons. The number of unbranched alkanes of at least 4 members (excludes halogenated alkanes) is 3. The molecule has 1 aromatic rings. The molecule has 0 heterocycles. The van der Waals surface area contributed by atoms with E-state index in [9.17, 15) is 4.79 Å². The summed E-state index contributed by atoms with van der Waals surface area (Å²) in [6, 6.07) is 3.73. The second-order valence-electron chi connectivity index (χ2n) is 6.21. The monoisotopic (exact) mass is 351 g/mol. The van der Waals surface area contributed by atoms with E-state index in [1.807, 2.05) is 12.1 Å². The van der Waals surface area contributed by atoms with E-state index in [0.29, 0.717) is 23.8 Å². The van der Waals surface area contributed by atoms with Crippen LogP contribution in [0.25, 0.3) is 0 Å². The number of rotatable bonds is 12. The summed E-state index contributed by atoms with van der Waals surface area (Å²) in [6.45, 7) is 4.71. The molecule has 0 radical (unpaired) electrons. The molecule has 0 saturated carbocycles. The Bertz CT molecular complexity index is 505. The first-order valence-electron chi connectivity index (χ1n) is 9.17. The second-order valence-corrected chi connectivity index (χ2v) is 6.21. The lowest BCUT2D eigenvalue weighted by Gasteiger charge is -2.17. The summed E-state index contributed by atoms with van der Waals surface area (Å²) >= 11 is 0. The second kappa shape index (κ2) is 11.6. The Morgan fingerprint density at radius 3 is 2.12 bits per heavy atom. The van der Waals surface area contributed by atoms with Crippen molar-refractivity contribution >= 4 is 5.91 Å². The molecule has 1 atom stereocenters. The summed E-state index contributed by atoms with van der Waals surface area (Å²) in [5.74, 6) is 1.95. The molecule has 0 aliphatic carbocycles. The minimum atomic E-state index is 0.0823. The van der Waals surface area contributed by atoms with E-state index in [1.165, 1.54) is 19.3 Å². The Balaban J connectivity index is 2.67. The SMILES string of the molecule is CCCCCCC(CC)C(=O)NCc1cc(OC)c(OC)c(OC)c1. The van der Waals surface area contributed by atoms with Crippen LogP contribution in [0.4, 0.5) is 0 Å². The molecule has 0 fully saturated rings. The van der Waals surface area contributed by atoms with Crippen molar-refractivity contribution in [2.24, 2.45) is 5.92 Å². The number of carbonyl (C=O) groups excluding carboxylic acids is 1. The van der Waals surface area contributed by atoms with Crippen molar-refractivity contribution < 1.29 is 19.0 Å². The molecule has 1 amide bonds. The number of hydrogen-bond donors (Lipinski definition) is 1. The first-order chi connectivity index (χ1) is 12.1. The van der Waals surface area contributed by atoms with Gasteiger partial charge in [0.1, 0.15) is 0 Å². The molecule has 1 aromatic carbocycles. The van der Waals surface area contributed by atoms with Crippen molar-refractivity contribution in [1.82, 2.24) is 5.32 Å².